The van der Waals surface area contributed by atoms with Crippen molar-refractivity contribution in [3.05, 3.63) is 45.4 Å². The van der Waals surface area contributed by atoms with Crippen molar-refractivity contribution >= 4 is 22.9 Å². The molecular weight excluding hydrogens is 367 g/mol. The predicted octanol–water partition coefficient (Wildman–Crippen LogP) is 3.24. The van der Waals surface area contributed by atoms with E-state index in [2.05, 4.69) is 10.3 Å². The van der Waals surface area contributed by atoms with Crippen LogP contribution in [0.25, 0.3) is 0 Å². The Hall–Kier alpha value is -2.13. The van der Waals surface area contributed by atoms with Gasteiger partial charge in [0.15, 0.2) is 0 Å². The normalized spacial score (nSPS) is 15.2. The number of thiazole rings is 1. The molecule has 1 aliphatic rings. The van der Waals surface area contributed by atoms with Crippen molar-refractivity contribution in [2.75, 3.05) is 31.2 Å². The van der Waals surface area contributed by atoms with Crippen LogP contribution in [0.15, 0.2) is 24.4 Å². The van der Waals surface area contributed by atoms with Crippen LogP contribution in [0.2, 0.25) is 0 Å². The highest BCUT2D eigenvalue weighted by molar-refractivity contribution is 7.13. The van der Waals surface area contributed by atoms with Crippen LogP contribution >= 0.6 is 11.3 Å². The first kappa shape index (κ1) is 18.7. The highest BCUT2D eigenvalue weighted by Gasteiger charge is 2.34. The number of halogens is 3. The number of anilines is 1. The third kappa shape index (κ3) is 4.34. The number of morpholine rings is 1. The summed E-state index contributed by atoms with van der Waals surface area (Å²) in [5.74, 6) is -0.430. The summed E-state index contributed by atoms with van der Waals surface area (Å²) >= 11 is 1.20. The second-order valence-corrected chi connectivity index (χ2v) is 7.10. The molecule has 0 spiro atoms. The van der Waals surface area contributed by atoms with Crippen LogP contribution in [0, 0.1) is 6.92 Å². The molecule has 26 heavy (non-hydrogen) atoms. The maximum Gasteiger partial charge on any atom is 0.416 e. The van der Waals surface area contributed by atoms with Gasteiger partial charge in [0, 0.05) is 25.3 Å². The molecule has 2 heterocycles. The van der Waals surface area contributed by atoms with Crippen LogP contribution in [-0.2, 0) is 17.5 Å². The lowest BCUT2D eigenvalue weighted by Gasteiger charge is -2.29. The maximum absolute atomic E-state index is 13.5. The highest BCUT2D eigenvalue weighted by atomic mass is 32.1. The number of ether oxygens (including phenoxy) is 1. The Balaban J connectivity index is 1.78. The lowest BCUT2D eigenvalue weighted by Crippen LogP contribution is -2.36. The van der Waals surface area contributed by atoms with Crippen molar-refractivity contribution in [1.29, 1.82) is 0 Å². The van der Waals surface area contributed by atoms with E-state index in [1.165, 1.54) is 23.6 Å². The molecule has 1 aromatic carbocycles. The Labute approximate surface area is 152 Å². The number of aromatic nitrogens is 1. The molecule has 1 saturated heterocycles. The van der Waals surface area contributed by atoms with Crippen molar-refractivity contribution in [1.82, 2.24) is 10.3 Å². The maximum atomic E-state index is 13.5. The lowest BCUT2D eigenvalue weighted by atomic mass is 10.0. The average Bonchev–Trinajstić information content (AvgIpc) is 3.06. The van der Waals surface area contributed by atoms with Gasteiger partial charge < -0.3 is 15.0 Å². The number of amides is 1. The number of hydrogen-bond donors (Lipinski definition) is 1. The first-order valence-electron chi connectivity index (χ1n) is 8.08. The zero-order chi connectivity index (χ0) is 18.7. The molecule has 1 aliphatic heterocycles. The SMILES string of the molecule is Cc1ncc(C(=O)NCc2ccc(N3CCOCC3)cc2C(F)(F)F)s1. The number of hydrogen-bond acceptors (Lipinski definition) is 5. The number of rotatable bonds is 4. The van der Waals surface area contributed by atoms with Gasteiger partial charge in [-0.1, -0.05) is 6.07 Å². The minimum absolute atomic E-state index is 0.0316. The fraction of sp³-hybridized carbons (Fsp3) is 0.412. The van der Waals surface area contributed by atoms with E-state index in [1.807, 2.05) is 4.90 Å². The molecule has 140 valence electrons. The summed E-state index contributed by atoms with van der Waals surface area (Å²) in [5, 5.41) is 3.26. The van der Waals surface area contributed by atoms with Crippen molar-refractivity contribution in [3.63, 3.8) is 0 Å². The third-order valence-electron chi connectivity index (χ3n) is 4.06. The second kappa shape index (κ2) is 7.63. The number of alkyl halides is 3. The van der Waals surface area contributed by atoms with Gasteiger partial charge >= 0.3 is 6.18 Å². The van der Waals surface area contributed by atoms with Gasteiger partial charge in [0.2, 0.25) is 0 Å². The Kier molecular flexibility index (Phi) is 5.47. The van der Waals surface area contributed by atoms with Crippen molar-refractivity contribution in [2.45, 2.75) is 19.6 Å². The summed E-state index contributed by atoms with van der Waals surface area (Å²) in [6.45, 7) is 3.65. The van der Waals surface area contributed by atoms with Crippen LogP contribution in [-0.4, -0.2) is 37.2 Å². The summed E-state index contributed by atoms with van der Waals surface area (Å²) in [6.07, 6.45) is -3.08. The monoisotopic (exact) mass is 385 g/mol. The van der Waals surface area contributed by atoms with Gasteiger partial charge in [-0.2, -0.15) is 13.2 Å². The number of aryl methyl sites for hydroxylation is 1. The molecule has 1 N–H and O–H groups in total. The van der Waals surface area contributed by atoms with Crippen LogP contribution in [0.4, 0.5) is 18.9 Å². The largest absolute Gasteiger partial charge is 0.416 e. The standard InChI is InChI=1S/C17H18F3N3O2S/c1-11-21-10-15(26-11)16(24)22-9-12-2-3-13(8-14(12)17(18,19)20)23-4-6-25-7-5-23/h2-3,8,10H,4-7,9H2,1H3,(H,22,24). The summed E-state index contributed by atoms with van der Waals surface area (Å²) in [5.41, 5.74) is -0.194. The van der Waals surface area contributed by atoms with Gasteiger partial charge in [0.1, 0.15) is 4.88 Å². The molecule has 9 heteroatoms. The first-order valence-corrected chi connectivity index (χ1v) is 8.89. The Morgan fingerprint density at radius 2 is 2.08 bits per heavy atom. The summed E-state index contributed by atoms with van der Waals surface area (Å²) in [7, 11) is 0. The van der Waals surface area contributed by atoms with Crippen LogP contribution in [0.1, 0.15) is 25.8 Å². The Morgan fingerprint density at radius 1 is 1.35 bits per heavy atom. The molecular formula is C17H18F3N3O2S. The van der Waals surface area contributed by atoms with E-state index < -0.39 is 17.6 Å². The molecule has 5 nitrogen and oxygen atoms in total. The van der Waals surface area contributed by atoms with E-state index in [0.717, 1.165) is 11.1 Å². The molecule has 0 radical (unpaired) electrons. The van der Waals surface area contributed by atoms with Crippen LogP contribution < -0.4 is 10.2 Å². The zero-order valence-corrected chi connectivity index (χ0v) is 14.9. The quantitative estimate of drug-likeness (QED) is 0.878. The minimum atomic E-state index is -4.50. The fourth-order valence-corrected chi connectivity index (χ4v) is 3.42. The number of carbonyl (C=O) groups is 1. The predicted molar refractivity (Wildman–Crippen MR) is 92.5 cm³/mol. The average molecular weight is 385 g/mol. The van der Waals surface area contributed by atoms with Crippen LogP contribution in [0.3, 0.4) is 0 Å². The minimum Gasteiger partial charge on any atom is -0.378 e. The summed E-state index contributed by atoms with van der Waals surface area (Å²) in [4.78, 5) is 18.3. The van der Waals surface area contributed by atoms with E-state index >= 15 is 0 Å². The molecule has 0 unspecified atom stereocenters. The smallest absolute Gasteiger partial charge is 0.378 e. The van der Waals surface area contributed by atoms with E-state index in [0.29, 0.717) is 36.9 Å². The van der Waals surface area contributed by atoms with Crippen molar-refractivity contribution in [2.24, 2.45) is 0 Å². The van der Waals surface area contributed by atoms with Gasteiger partial charge in [0.05, 0.1) is 30.0 Å². The summed E-state index contributed by atoms with van der Waals surface area (Å²) in [6, 6.07) is 4.22. The van der Waals surface area contributed by atoms with Crippen LogP contribution in [0.5, 0.6) is 0 Å². The Bertz CT molecular complexity index is 786. The highest BCUT2D eigenvalue weighted by Crippen LogP contribution is 2.35. The van der Waals surface area contributed by atoms with E-state index in [4.69, 9.17) is 4.74 Å². The van der Waals surface area contributed by atoms with Gasteiger partial charge in [-0.25, -0.2) is 4.98 Å². The lowest BCUT2D eigenvalue weighted by molar-refractivity contribution is -0.138. The number of carbonyl (C=O) groups excluding carboxylic acids is 1. The van der Waals surface area contributed by atoms with Crippen molar-refractivity contribution in [3.8, 4) is 0 Å². The topological polar surface area (TPSA) is 54.5 Å². The van der Waals surface area contributed by atoms with Gasteiger partial charge in [-0.3, -0.25) is 4.79 Å². The molecule has 3 rings (SSSR count). The molecule has 0 atom stereocenters. The second-order valence-electron chi connectivity index (χ2n) is 5.86. The first-order chi connectivity index (χ1) is 12.3. The third-order valence-corrected chi connectivity index (χ3v) is 4.97. The molecule has 0 saturated carbocycles. The molecule has 0 bridgehead atoms. The molecule has 0 aliphatic carbocycles. The zero-order valence-electron chi connectivity index (χ0n) is 14.1. The van der Waals surface area contributed by atoms with Crippen molar-refractivity contribution < 1.29 is 22.7 Å². The van der Waals surface area contributed by atoms with E-state index in [-0.39, 0.29) is 12.1 Å². The Morgan fingerprint density at radius 3 is 2.69 bits per heavy atom. The van der Waals surface area contributed by atoms with Gasteiger partial charge in [0.25, 0.3) is 5.91 Å². The molecule has 1 fully saturated rings. The number of benzene rings is 1. The summed E-state index contributed by atoms with van der Waals surface area (Å²) < 4.78 is 45.7. The van der Waals surface area contributed by atoms with E-state index in [1.54, 1.807) is 13.0 Å². The van der Waals surface area contributed by atoms with E-state index in [9.17, 15) is 18.0 Å². The van der Waals surface area contributed by atoms with Gasteiger partial charge in [-0.15, -0.1) is 11.3 Å². The molecule has 2 aromatic rings. The fourth-order valence-electron chi connectivity index (χ4n) is 2.73. The number of nitrogens with zero attached hydrogens (tertiary/aromatic N) is 2. The van der Waals surface area contributed by atoms with Gasteiger partial charge in [-0.05, 0) is 24.6 Å². The number of nitrogens with one attached hydrogen (secondary N) is 1. The molecule has 1 amide bonds. The molecule has 1 aromatic heterocycles.